The molecule has 88 valence electrons. The van der Waals surface area contributed by atoms with Gasteiger partial charge in [-0.05, 0) is 24.1 Å². The lowest BCUT2D eigenvalue weighted by Gasteiger charge is -2.23. The number of sulfone groups is 1. The number of nitrogens with one attached hydrogen (secondary N) is 1. The summed E-state index contributed by atoms with van der Waals surface area (Å²) >= 11 is 5.79. The molecule has 1 aliphatic rings. The molecule has 1 atom stereocenters. The van der Waals surface area contributed by atoms with E-state index < -0.39 is 9.84 Å². The fourth-order valence-electron chi connectivity index (χ4n) is 1.90. The van der Waals surface area contributed by atoms with Crippen LogP contribution < -0.4 is 5.32 Å². The van der Waals surface area contributed by atoms with Crippen LogP contribution in [0.25, 0.3) is 0 Å². The zero-order chi connectivity index (χ0) is 11.6. The number of rotatable bonds is 2. The van der Waals surface area contributed by atoms with E-state index in [1.165, 1.54) is 0 Å². The van der Waals surface area contributed by atoms with E-state index in [0.717, 1.165) is 12.0 Å². The maximum absolute atomic E-state index is 11.4. The Balaban J connectivity index is 2.02. The molecule has 1 saturated heterocycles. The van der Waals surface area contributed by atoms with E-state index in [0.29, 0.717) is 11.6 Å². The normalized spacial score (nSPS) is 24.2. The van der Waals surface area contributed by atoms with Crippen LogP contribution in [0.15, 0.2) is 24.3 Å². The van der Waals surface area contributed by atoms with Gasteiger partial charge in [0, 0.05) is 17.6 Å². The van der Waals surface area contributed by atoms with Gasteiger partial charge in [-0.3, -0.25) is 0 Å². The average Bonchev–Trinajstić information content (AvgIpc) is 2.20. The van der Waals surface area contributed by atoms with E-state index in [9.17, 15) is 8.42 Å². The molecule has 0 aromatic heterocycles. The molecule has 1 fully saturated rings. The molecule has 2 rings (SSSR count). The highest BCUT2D eigenvalue weighted by Crippen LogP contribution is 2.13. The van der Waals surface area contributed by atoms with E-state index >= 15 is 0 Å². The summed E-state index contributed by atoms with van der Waals surface area (Å²) in [7, 11) is -2.85. The summed E-state index contributed by atoms with van der Waals surface area (Å²) < 4.78 is 22.9. The number of hydrogen-bond donors (Lipinski definition) is 1. The highest BCUT2D eigenvalue weighted by molar-refractivity contribution is 7.91. The Morgan fingerprint density at radius 1 is 1.31 bits per heavy atom. The molecule has 5 heteroatoms. The summed E-state index contributed by atoms with van der Waals surface area (Å²) in [4.78, 5) is 0. The Labute approximate surface area is 101 Å². The lowest BCUT2D eigenvalue weighted by atomic mass is 10.1. The van der Waals surface area contributed by atoms with Gasteiger partial charge in [0.25, 0.3) is 0 Å². The van der Waals surface area contributed by atoms with Crippen LogP contribution in [-0.4, -0.2) is 32.5 Å². The quantitative estimate of drug-likeness (QED) is 0.870. The molecule has 1 aromatic rings. The van der Waals surface area contributed by atoms with Crippen molar-refractivity contribution in [2.24, 2.45) is 0 Å². The third kappa shape index (κ3) is 3.20. The van der Waals surface area contributed by atoms with Gasteiger partial charge in [0.1, 0.15) is 0 Å². The molecule has 0 radical (unpaired) electrons. The van der Waals surface area contributed by atoms with E-state index in [1.807, 2.05) is 24.3 Å². The first kappa shape index (κ1) is 11.9. The van der Waals surface area contributed by atoms with Gasteiger partial charge in [0.2, 0.25) is 0 Å². The van der Waals surface area contributed by atoms with Crippen LogP contribution in [-0.2, 0) is 16.3 Å². The molecule has 16 heavy (non-hydrogen) atoms. The molecule has 1 heterocycles. The molecule has 0 bridgehead atoms. The minimum Gasteiger partial charge on any atom is -0.312 e. The van der Waals surface area contributed by atoms with Crippen molar-refractivity contribution in [2.45, 2.75) is 12.5 Å². The van der Waals surface area contributed by atoms with Gasteiger partial charge in [-0.1, -0.05) is 23.7 Å². The Kier molecular flexibility index (Phi) is 3.52. The summed E-state index contributed by atoms with van der Waals surface area (Å²) in [6.45, 7) is 0.556. The smallest absolute Gasteiger partial charge is 0.153 e. The third-order valence-electron chi connectivity index (χ3n) is 2.70. The van der Waals surface area contributed by atoms with Crippen molar-refractivity contribution in [3.63, 3.8) is 0 Å². The maximum atomic E-state index is 11.4. The first-order chi connectivity index (χ1) is 7.55. The fraction of sp³-hybridized carbons (Fsp3) is 0.455. The van der Waals surface area contributed by atoms with Gasteiger partial charge >= 0.3 is 0 Å². The van der Waals surface area contributed by atoms with Crippen LogP contribution in [0, 0.1) is 0 Å². The first-order valence-electron chi connectivity index (χ1n) is 5.23. The Morgan fingerprint density at radius 2 is 2.00 bits per heavy atom. The van der Waals surface area contributed by atoms with E-state index in [4.69, 9.17) is 11.6 Å². The van der Waals surface area contributed by atoms with Gasteiger partial charge in [0.15, 0.2) is 9.84 Å². The first-order valence-corrected chi connectivity index (χ1v) is 7.43. The molecular weight excluding hydrogens is 246 g/mol. The van der Waals surface area contributed by atoms with Crippen molar-refractivity contribution in [3.8, 4) is 0 Å². The van der Waals surface area contributed by atoms with Crippen molar-refractivity contribution < 1.29 is 8.42 Å². The van der Waals surface area contributed by atoms with Crippen LogP contribution in [0.5, 0.6) is 0 Å². The highest BCUT2D eigenvalue weighted by Gasteiger charge is 2.23. The van der Waals surface area contributed by atoms with E-state index in [1.54, 1.807) is 0 Å². The predicted octanol–water partition coefficient (Wildman–Crippen LogP) is 1.27. The fourth-order valence-corrected chi connectivity index (χ4v) is 3.47. The van der Waals surface area contributed by atoms with Crippen molar-refractivity contribution in [3.05, 3.63) is 34.9 Å². The van der Waals surface area contributed by atoms with Gasteiger partial charge in [-0.2, -0.15) is 0 Å². The zero-order valence-corrected chi connectivity index (χ0v) is 10.4. The van der Waals surface area contributed by atoms with E-state index in [-0.39, 0.29) is 17.5 Å². The van der Waals surface area contributed by atoms with Crippen molar-refractivity contribution in [1.29, 1.82) is 0 Å². The Bertz CT molecular complexity index is 455. The van der Waals surface area contributed by atoms with Crippen LogP contribution >= 0.6 is 11.6 Å². The van der Waals surface area contributed by atoms with Gasteiger partial charge < -0.3 is 5.32 Å². The topological polar surface area (TPSA) is 46.2 Å². The summed E-state index contributed by atoms with van der Waals surface area (Å²) in [6, 6.07) is 7.55. The second-order valence-electron chi connectivity index (χ2n) is 4.10. The second kappa shape index (κ2) is 4.73. The van der Waals surface area contributed by atoms with Crippen molar-refractivity contribution in [1.82, 2.24) is 5.32 Å². The summed E-state index contributed by atoms with van der Waals surface area (Å²) in [5, 5.41) is 3.93. The standard InChI is InChI=1S/C11H14ClNO2S/c12-10-3-1-9(2-4-10)7-11-8-16(14,15)6-5-13-11/h1-4,11,13H,5-8H2/t11-/m0/s1. The van der Waals surface area contributed by atoms with E-state index in [2.05, 4.69) is 5.32 Å². The number of hydrogen-bond acceptors (Lipinski definition) is 3. The van der Waals surface area contributed by atoms with Crippen LogP contribution in [0.2, 0.25) is 5.02 Å². The van der Waals surface area contributed by atoms with Crippen LogP contribution in [0.4, 0.5) is 0 Å². The highest BCUT2D eigenvalue weighted by atomic mass is 35.5. The maximum Gasteiger partial charge on any atom is 0.153 e. The van der Waals surface area contributed by atoms with Crippen LogP contribution in [0.1, 0.15) is 5.56 Å². The molecule has 0 unspecified atom stereocenters. The molecule has 0 aliphatic carbocycles. The molecule has 1 aliphatic heterocycles. The molecule has 0 spiro atoms. The largest absolute Gasteiger partial charge is 0.312 e. The molecule has 0 saturated carbocycles. The Morgan fingerprint density at radius 3 is 2.62 bits per heavy atom. The second-order valence-corrected chi connectivity index (χ2v) is 6.76. The summed E-state index contributed by atoms with van der Waals surface area (Å²) in [5.74, 6) is 0.486. The average molecular weight is 260 g/mol. The number of halogens is 1. The molecule has 3 nitrogen and oxygen atoms in total. The van der Waals surface area contributed by atoms with Gasteiger partial charge in [-0.15, -0.1) is 0 Å². The minimum absolute atomic E-state index is 0.0277. The lowest BCUT2D eigenvalue weighted by molar-refractivity contribution is 0.515. The SMILES string of the molecule is O=S1(=O)CCN[C@@H](Cc2ccc(Cl)cc2)C1. The molecule has 1 N–H and O–H groups in total. The van der Waals surface area contributed by atoms with Crippen molar-refractivity contribution >= 4 is 21.4 Å². The Hall–Kier alpha value is -0.580. The molecule has 1 aromatic carbocycles. The minimum atomic E-state index is -2.85. The number of benzene rings is 1. The summed E-state index contributed by atoms with van der Waals surface area (Å²) in [6.07, 6.45) is 0.733. The van der Waals surface area contributed by atoms with Gasteiger partial charge in [0.05, 0.1) is 11.5 Å². The van der Waals surface area contributed by atoms with Gasteiger partial charge in [-0.25, -0.2) is 8.42 Å². The third-order valence-corrected chi connectivity index (χ3v) is 4.68. The summed E-state index contributed by atoms with van der Waals surface area (Å²) in [5.41, 5.74) is 1.11. The predicted molar refractivity (Wildman–Crippen MR) is 65.6 cm³/mol. The monoisotopic (exact) mass is 259 g/mol. The zero-order valence-electron chi connectivity index (χ0n) is 8.82. The lowest BCUT2D eigenvalue weighted by Crippen LogP contribution is -2.46. The van der Waals surface area contributed by atoms with Crippen LogP contribution in [0.3, 0.4) is 0 Å². The molecular formula is C11H14ClNO2S. The van der Waals surface area contributed by atoms with Crippen molar-refractivity contribution in [2.75, 3.05) is 18.1 Å². The molecule has 0 amide bonds.